The number of methoxy groups -OCH3 is 1. The Morgan fingerprint density at radius 2 is 2.10 bits per heavy atom. The second-order valence-electron chi connectivity index (χ2n) is 4.32. The van der Waals surface area contributed by atoms with E-state index in [1.165, 1.54) is 0 Å². The molecule has 20 heavy (non-hydrogen) atoms. The van der Waals surface area contributed by atoms with Crippen LogP contribution in [0.25, 0.3) is 0 Å². The number of rotatable bonds is 5. The summed E-state index contributed by atoms with van der Waals surface area (Å²) in [6.07, 6.45) is 0. The standard InChI is InChI=1S/C14H19NO4.ClH/c1-17-13-4-2-3-12(11-13)14(16)19-10-7-15-5-8-18-9-6-15;/h2-4,11H,5-10H2,1H3;1H. The van der Waals surface area contributed by atoms with Crippen LogP contribution in [0.15, 0.2) is 24.3 Å². The van der Waals surface area contributed by atoms with Crippen molar-refractivity contribution in [2.45, 2.75) is 0 Å². The lowest BCUT2D eigenvalue weighted by molar-refractivity contribution is 0.0195. The molecule has 0 amide bonds. The number of esters is 1. The van der Waals surface area contributed by atoms with E-state index in [1.54, 1.807) is 31.4 Å². The summed E-state index contributed by atoms with van der Waals surface area (Å²) in [7, 11) is 1.57. The van der Waals surface area contributed by atoms with Crippen LogP contribution in [0.2, 0.25) is 0 Å². The van der Waals surface area contributed by atoms with Crippen molar-refractivity contribution < 1.29 is 19.0 Å². The van der Waals surface area contributed by atoms with Crippen LogP contribution in [-0.2, 0) is 9.47 Å². The Morgan fingerprint density at radius 3 is 2.80 bits per heavy atom. The first kappa shape index (κ1) is 16.8. The average molecular weight is 302 g/mol. The third-order valence-corrected chi connectivity index (χ3v) is 3.05. The van der Waals surface area contributed by atoms with E-state index in [2.05, 4.69) is 4.90 Å². The minimum atomic E-state index is -0.313. The number of halogens is 1. The molecular formula is C14H20ClNO4. The monoisotopic (exact) mass is 301 g/mol. The minimum Gasteiger partial charge on any atom is -0.497 e. The maximum absolute atomic E-state index is 11.8. The normalized spacial score (nSPS) is 15.2. The Labute approximate surface area is 125 Å². The van der Waals surface area contributed by atoms with E-state index in [0.29, 0.717) is 17.9 Å². The van der Waals surface area contributed by atoms with E-state index in [1.807, 2.05) is 0 Å². The van der Waals surface area contributed by atoms with E-state index >= 15 is 0 Å². The van der Waals surface area contributed by atoms with Crippen molar-refractivity contribution in [3.8, 4) is 5.75 Å². The fourth-order valence-electron chi connectivity index (χ4n) is 1.93. The van der Waals surface area contributed by atoms with Crippen LogP contribution >= 0.6 is 12.4 Å². The molecule has 0 atom stereocenters. The predicted octanol–water partition coefficient (Wildman–Crippen LogP) is 1.61. The zero-order valence-electron chi connectivity index (χ0n) is 11.5. The second-order valence-corrected chi connectivity index (χ2v) is 4.32. The van der Waals surface area contributed by atoms with E-state index in [4.69, 9.17) is 14.2 Å². The Bertz CT molecular complexity index is 421. The number of benzene rings is 1. The van der Waals surface area contributed by atoms with Crippen LogP contribution in [0.4, 0.5) is 0 Å². The fraction of sp³-hybridized carbons (Fsp3) is 0.500. The van der Waals surface area contributed by atoms with Crippen molar-refractivity contribution >= 4 is 18.4 Å². The summed E-state index contributed by atoms with van der Waals surface area (Å²) in [5.74, 6) is 0.342. The molecular weight excluding hydrogens is 282 g/mol. The van der Waals surface area contributed by atoms with Gasteiger partial charge in [-0.3, -0.25) is 4.90 Å². The van der Waals surface area contributed by atoms with E-state index in [9.17, 15) is 4.79 Å². The Hall–Kier alpha value is -1.30. The number of ether oxygens (including phenoxy) is 3. The second kappa shape index (κ2) is 8.79. The summed E-state index contributed by atoms with van der Waals surface area (Å²) in [6.45, 7) is 4.45. The zero-order valence-corrected chi connectivity index (χ0v) is 12.4. The molecule has 0 spiro atoms. The van der Waals surface area contributed by atoms with Gasteiger partial charge in [-0.05, 0) is 18.2 Å². The molecule has 1 saturated heterocycles. The molecule has 5 nitrogen and oxygen atoms in total. The molecule has 2 rings (SSSR count). The van der Waals surface area contributed by atoms with Crippen LogP contribution in [-0.4, -0.2) is 57.4 Å². The van der Waals surface area contributed by atoms with Gasteiger partial charge < -0.3 is 14.2 Å². The predicted molar refractivity (Wildman–Crippen MR) is 77.8 cm³/mol. The SMILES string of the molecule is COc1cccc(C(=O)OCCN2CCOCC2)c1.Cl. The highest BCUT2D eigenvalue weighted by atomic mass is 35.5. The van der Waals surface area contributed by atoms with Gasteiger partial charge in [0.25, 0.3) is 0 Å². The molecule has 0 bridgehead atoms. The molecule has 1 heterocycles. The van der Waals surface area contributed by atoms with E-state index < -0.39 is 0 Å². The molecule has 0 unspecified atom stereocenters. The van der Waals surface area contributed by atoms with Crippen LogP contribution in [0.1, 0.15) is 10.4 Å². The summed E-state index contributed by atoms with van der Waals surface area (Å²) in [4.78, 5) is 14.1. The average Bonchev–Trinajstić information content (AvgIpc) is 2.48. The summed E-state index contributed by atoms with van der Waals surface area (Å²) < 4.78 is 15.6. The van der Waals surface area contributed by atoms with Crippen molar-refractivity contribution in [1.29, 1.82) is 0 Å². The summed E-state index contributed by atoms with van der Waals surface area (Å²) in [5, 5.41) is 0. The van der Waals surface area contributed by atoms with Crippen molar-refractivity contribution in [3.63, 3.8) is 0 Å². The quantitative estimate of drug-likeness (QED) is 0.773. The summed E-state index contributed by atoms with van der Waals surface area (Å²) in [5.41, 5.74) is 0.515. The van der Waals surface area contributed by atoms with Gasteiger partial charge in [0, 0.05) is 19.6 Å². The molecule has 112 valence electrons. The fourth-order valence-corrected chi connectivity index (χ4v) is 1.93. The molecule has 1 aromatic rings. The number of morpholine rings is 1. The van der Waals surface area contributed by atoms with Crippen LogP contribution < -0.4 is 4.74 Å². The zero-order chi connectivity index (χ0) is 13.5. The van der Waals surface area contributed by atoms with Gasteiger partial charge in [0.15, 0.2) is 0 Å². The highest BCUT2D eigenvalue weighted by Crippen LogP contribution is 2.13. The smallest absolute Gasteiger partial charge is 0.338 e. The third kappa shape index (κ3) is 5.00. The van der Waals surface area contributed by atoms with Gasteiger partial charge in [-0.2, -0.15) is 0 Å². The lowest BCUT2D eigenvalue weighted by Crippen LogP contribution is -2.38. The van der Waals surface area contributed by atoms with Gasteiger partial charge in [-0.15, -0.1) is 12.4 Å². The molecule has 0 N–H and O–H groups in total. The topological polar surface area (TPSA) is 48.0 Å². The van der Waals surface area contributed by atoms with Gasteiger partial charge in [0.05, 0.1) is 25.9 Å². The number of hydrogen-bond acceptors (Lipinski definition) is 5. The van der Waals surface area contributed by atoms with Gasteiger partial charge in [-0.1, -0.05) is 6.07 Å². The summed E-state index contributed by atoms with van der Waals surface area (Å²) in [6, 6.07) is 6.97. The van der Waals surface area contributed by atoms with Crippen LogP contribution in [0.5, 0.6) is 5.75 Å². The number of nitrogens with zero attached hydrogens (tertiary/aromatic N) is 1. The largest absolute Gasteiger partial charge is 0.497 e. The van der Waals surface area contributed by atoms with Crippen molar-refractivity contribution in [3.05, 3.63) is 29.8 Å². The lowest BCUT2D eigenvalue weighted by Gasteiger charge is -2.26. The number of carbonyl (C=O) groups is 1. The van der Waals surface area contributed by atoms with Gasteiger partial charge in [0.1, 0.15) is 12.4 Å². The first-order valence-corrected chi connectivity index (χ1v) is 6.41. The Balaban J connectivity index is 0.00000200. The molecule has 1 aliphatic rings. The Kier molecular flexibility index (Phi) is 7.36. The molecule has 1 fully saturated rings. The summed E-state index contributed by atoms with van der Waals surface area (Å²) >= 11 is 0. The van der Waals surface area contributed by atoms with Gasteiger partial charge in [0.2, 0.25) is 0 Å². The molecule has 0 saturated carbocycles. The first-order chi connectivity index (χ1) is 9.29. The highest BCUT2D eigenvalue weighted by molar-refractivity contribution is 5.89. The molecule has 6 heteroatoms. The molecule has 1 aromatic carbocycles. The molecule has 0 aliphatic carbocycles. The molecule has 0 aromatic heterocycles. The maximum atomic E-state index is 11.8. The Morgan fingerprint density at radius 1 is 1.35 bits per heavy atom. The highest BCUT2D eigenvalue weighted by Gasteiger charge is 2.12. The van der Waals surface area contributed by atoms with Crippen molar-refractivity contribution in [1.82, 2.24) is 4.90 Å². The van der Waals surface area contributed by atoms with Crippen LogP contribution in [0, 0.1) is 0 Å². The first-order valence-electron chi connectivity index (χ1n) is 6.41. The van der Waals surface area contributed by atoms with E-state index in [0.717, 1.165) is 32.8 Å². The van der Waals surface area contributed by atoms with Crippen molar-refractivity contribution in [2.24, 2.45) is 0 Å². The number of hydrogen-bond donors (Lipinski definition) is 0. The van der Waals surface area contributed by atoms with Gasteiger partial charge >= 0.3 is 5.97 Å². The molecule has 0 radical (unpaired) electrons. The molecule has 1 aliphatic heterocycles. The van der Waals surface area contributed by atoms with E-state index in [-0.39, 0.29) is 18.4 Å². The minimum absolute atomic E-state index is 0. The lowest BCUT2D eigenvalue weighted by atomic mass is 10.2. The maximum Gasteiger partial charge on any atom is 0.338 e. The van der Waals surface area contributed by atoms with Crippen molar-refractivity contribution in [2.75, 3.05) is 46.6 Å². The third-order valence-electron chi connectivity index (χ3n) is 3.05. The number of carbonyl (C=O) groups excluding carboxylic acids is 1. The van der Waals surface area contributed by atoms with Gasteiger partial charge in [-0.25, -0.2) is 4.79 Å². The van der Waals surface area contributed by atoms with Crippen LogP contribution in [0.3, 0.4) is 0 Å².